The summed E-state index contributed by atoms with van der Waals surface area (Å²) in [5, 5.41) is 3.38. The van der Waals surface area contributed by atoms with E-state index in [-0.39, 0.29) is 17.5 Å². The van der Waals surface area contributed by atoms with E-state index in [1.807, 2.05) is 18.2 Å². The van der Waals surface area contributed by atoms with Gasteiger partial charge in [0.1, 0.15) is 5.82 Å². The van der Waals surface area contributed by atoms with Gasteiger partial charge in [0.25, 0.3) is 0 Å². The molecule has 0 aromatic heterocycles. The van der Waals surface area contributed by atoms with Crippen LogP contribution in [0.5, 0.6) is 0 Å². The van der Waals surface area contributed by atoms with Crippen LogP contribution in [0.25, 0.3) is 0 Å². The van der Waals surface area contributed by atoms with Gasteiger partial charge in [-0.2, -0.15) is 0 Å². The molecule has 2 aromatic rings. The minimum atomic E-state index is -0.309. The molecule has 104 valence electrons. The highest BCUT2D eigenvalue weighted by Crippen LogP contribution is 2.21. The highest BCUT2D eigenvalue weighted by atomic mass is 35.5. The molecule has 5 heteroatoms. The normalized spacial score (nSPS) is 10.3. The fourth-order valence-electron chi connectivity index (χ4n) is 1.59. The second-order valence-corrected chi connectivity index (χ2v) is 5.51. The van der Waals surface area contributed by atoms with Crippen LogP contribution < -0.4 is 5.32 Å². The summed E-state index contributed by atoms with van der Waals surface area (Å²) in [7, 11) is 0. The van der Waals surface area contributed by atoms with Crippen molar-refractivity contribution in [1.29, 1.82) is 0 Å². The lowest BCUT2D eigenvalue weighted by Crippen LogP contribution is -2.24. The van der Waals surface area contributed by atoms with Crippen LogP contribution in [0.3, 0.4) is 0 Å². The third kappa shape index (κ3) is 4.25. The van der Waals surface area contributed by atoms with Crippen molar-refractivity contribution < 1.29 is 9.18 Å². The smallest absolute Gasteiger partial charge is 0.230 e. The van der Waals surface area contributed by atoms with Crippen LogP contribution in [-0.4, -0.2) is 11.7 Å². The lowest BCUT2D eigenvalue weighted by Gasteiger charge is -2.07. The molecule has 1 N–H and O–H groups in total. The summed E-state index contributed by atoms with van der Waals surface area (Å²) in [6.45, 7) is 0.371. The van der Waals surface area contributed by atoms with E-state index in [0.29, 0.717) is 16.5 Å². The fraction of sp³-hybridized carbons (Fsp3) is 0.133. The monoisotopic (exact) mass is 309 g/mol. The summed E-state index contributed by atoms with van der Waals surface area (Å²) >= 11 is 7.17. The average molecular weight is 310 g/mol. The molecule has 2 nitrogen and oxygen atoms in total. The highest BCUT2D eigenvalue weighted by molar-refractivity contribution is 8.00. The van der Waals surface area contributed by atoms with Gasteiger partial charge in [0.15, 0.2) is 0 Å². The molecular formula is C15H13ClFNOS. The third-order valence-corrected chi connectivity index (χ3v) is 4.05. The van der Waals surface area contributed by atoms with Crippen LogP contribution in [0, 0.1) is 5.82 Å². The summed E-state index contributed by atoms with van der Waals surface area (Å²) in [4.78, 5) is 12.2. The quantitative estimate of drug-likeness (QED) is 0.849. The van der Waals surface area contributed by atoms with Crippen LogP contribution >= 0.6 is 23.4 Å². The van der Waals surface area contributed by atoms with Crippen LogP contribution in [0.1, 0.15) is 5.56 Å². The first-order valence-electron chi connectivity index (χ1n) is 6.04. The maximum Gasteiger partial charge on any atom is 0.230 e. The van der Waals surface area contributed by atoms with Gasteiger partial charge in [-0.1, -0.05) is 41.9 Å². The molecule has 0 fully saturated rings. The largest absolute Gasteiger partial charge is 0.351 e. The molecule has 0 aliphatic heterocycles. The molecule has 0 unspecified atom stereocenters. The molecule has 0 saturated heterocycles. The number of halogens is 2. The molecule has 2 rings (SSSR count). The molecule has 0 atom stereocenters. The molecule has 20 heavy (non-hydrogen) atoms. The molecule has 0 bridgehead atoms. The maximum absolute atomic E-state index is 13.4. The Morgan fingerprint density at radius 1 is 1.15 bits per heavy atom. The van der Waals surface area contributed by atoms with Gasteiger partial charge in [-0.15, -0.1) is 11.8 Å². The lowest BCUT2D eigenvalue weighted by molar-refractivity contribution is -0.118. The van der Waals surface area contributed by atoms with Gasteiger partial charge >= 0.3 is 0 Å². The number of thioether (sulfide) groups is 1. The van der Waals surface area contributed by atoms with Crippen LogP contribution in [0.15, 0.2) is 53.4 Å². The zero-order valence-electron chi connectivity index (χ0n) is 10.6. The van der Waals surface area contributed by atoms with E-state index in [0.717, 1.165) is 5.56 Å². The van der Waals surface area contributed by atoms with Crippen LogP contribution in [0.4, 0.5) is 4.39 Å². The first-order chi connectivity index (χ1) is 9.66. The SMILES string of the molecule is O=C(CSc1ccccc1F)NCc1ccccc1Cl. The van der Waals surface area contributed by atoms with Gasteiger partial charge in [-0.3, -0.25) is 4.79 Å². The molecule has 0 heterocycles. The van der Waals surface area contributed by atoms with E-state index in [4.69, 9.17) is 11.6 Å². The van der Waals surface area contributed by atoms with Crippen LogP contribution in [-0.2, 0) is 11.3 Å². The number of carbonyl (C=O) groups excluding carboxylic acids is 1. The highest BCUT2D eigenvalue weighted by Gasteiger charge is 2.07. The van der Waals surface area contributed by atoms with Gasteiger partial charge < -0.3 is 5.32 Å². The molecule has 1 amide bonds. The van der Waals surface area contributed by atoms with Crippen LogP contribution in [0.2, 0.25) is 5.02 Å². The van der Waals surface area contributed by atoms with Crippen molar-refractivity contribution in [2.24, 2.45) is 0 Å². The van der Waals surface area contributed by atoms with Crippen molar-refractivity contribution in [1.82, 2.24) is 5.32 Å². The first-order valence-corrected chi connectivity index (χ1v) is 7.40. The molecule has 0 saturated carbocycles. The van der Waals surface area contributed by atoms with E-state index < -0.39 is 0 Å². The number of amides is 1. The van der Waals surface area contributed by atoms with E-state index in [1.165, 1.54) is 17.8 Å². The Bertz CT molecular complexity index is 554. The summed E-state index contributed by atoms with van der Waals surface area (Å²) in [5.74, 6) is -0.291. The minimum Gasteiger partial charge on any atom is -0.351 e. The number of benzene rings is 2. The molecular weight excluding hydrogens is 297 g/mol. The summed E-state index contributed by atoms with van der Waals surface area (Å²) in [5.41, 5.74) is 0.860. The number of rotatable bonds is 5. The molecule has 0 spiro atoms. The number of carbonyl (C=O) groups is 1. The van der Waals surface area contributed by atoms with Gasteiger partial charge in [-0.25, -0.2) is 4.39 Å². The fourth-order valence-corrected chi connectivity index (χ4v) is 2.56. The van der Waals surface area contributed by atoms with Crippen molar-refractivity contribution in [3.05, 3.63) is 64.9 Å². The predicted octanol–water partition coefficient (Wildman–Crippen LogP) is 3.89. The van der Waals surface area contributed by atoms with Crippen molar-refractivity contribution in [2.75, 3.05) is 5.75 Å². The third-order valence-electron chi connectivity index (χ3n) is 2.63. The van der Waals surface area contributed by atoms with E-state index in [2.05, 4.69) is 5.32 Å². The summed E-state index contributed by atoms with van der Waals surface area (Å²) in [6.07, 6.45) is 0. The maximum atomic E-state index is 13.4. The number of hydrogen-bond acceptors (Lipinski definition) is 2. The van der Waals surface area contributed by atoms with Gasteiger partial charge in [0.2, 0.25) is 5.91 Å². The van der Waals surface area contributed by atoms with Crippen molar-refractivity contribution in [3.8, 4) is 0 Å². The predicted molar refractivity (Wildman–Crippen MR) is 80.4 cm³/mol. The zero-order valence-corrected chi connectivity index (χ0v) is 12.2. The van der Waals surface area contributed by atoms with Gasteiger partial charge in [0, 0.05) is 16.5 Å². The lowest BCUT2D eigenvalue weighted by atomic mass is 10.2. The first kappa shape index (κ1) is 14.9. The zero-order chi connectivity index (χ0) is 14.4. The second-order valence-electron chi connectivity index (χ2n) is 4.09. The molecule has 2 aromatic carbocycles. The van der Waals surface area contributed by atoms with Crippen molar-refractivity contribution in [2.45, 2.75) is 11.4 Å². The topological polar surface area (TPSA) is 29.1 Å². The molecule has 0 radical (unpaired) electrons. The van der Waals surface area contributed by atoms with Crippen molar-refractivity contribution >= 4 is 29.3 Å². The van der Waals surface area contributed by atoms with Gasteiger partial charge in [-0.05, 0) is 23.8 Å². The van der Waals surface area contributed by atoms with Gasteiger partial charge in [0.05, 0.1) is 5.75 Å². The number of nitrogens with one attached hydrogen (secondary N) is 1. The molecule has 0 aliphatic carbocycles. The van der Waals surface area contributed by atoms with E-state index in [9.17, 15) is 9.18 Å². The standard InChI is InChI=1S/C15H13ClFNOS/c16-12-6-2-1-5-11(12)9-18-15(19)10-20-14-8-4-3-7-13(14)17/h1-8H,9-10H2,(H,18,19). The molecule has 0 aliphatic rings. The minimum absolute atomic E-state index is 0.154. The Hall–Kier alpha value is -1.52. The Morgan fingerprint density at radius 3 is 2.60 bits per heavy atom. The summed E-state index contributed by atoms with van der Waals surface area (Å²) < 4.78 is 13.4. The van der Waals surface area contributed by atoms with E-state index >= 15 is 0 Å². The second kappa shape index (κ2) is 7.31. The number of hydrogen-bond donors (Lipinski definition) is 1. The Kier molecular flexibility index (Phi) is 5.44. The Morgan fingerprint density at radius 2 is 1.85 bits per heavy atom. The van der Waals surface area contributed by atoms with E-state index in [1.54, 1.807) is 24.3 Å². The average Bonchev–Trinajstić information content (AvgIpc) is 2.45. The Balaban J connectivity index is 1.82. The summed E-state index contributed by atoms with van der Waals surface area (Å²) in [6, 6.07) is 13.7. The van der Waals surface area contributed by atoms with Crippen molar-refractivity contribution in [3.63, 3.8) is 0 Å². The Labute approximate surface area is 126 Å².